The highest BCUT2D eigenvalue weighted by molar-refractivity contribution is 6.00. The molecule has 5 rings (SSSR count). The second-order valence-electron chi connectivity index (χ2n) is 8.75. The number of carbonyl (C=O) groups is 1. The summed E-state index contributed by atoms with van der Waals surface area (Å²) in [7, 11) is 1.53. The molecule has 0 bridgehead atoms. The number of pyridine rings is 2. The first kappa shape index (κ1) is 25.6. The Hall–Kier alpha value is -5.09. The smallest absolute Gasteiger partial charge is 0.269 e. The summed E-state index contributed by atoms with van der Waals surface area (Å²) >= 11 is 0. The second kappa shape index (κ2) is 11.1. The first-order valence-corrected chi connectivity index (χ1v) is 12.1. The lowest BCUT2D eigenvalue weighted by Crippen LogP contribution is -2.46. The Balaban J connectivity index is 1.37. The van der Waals surface area contributed by atoms with E-state index in [0.717, 1.165) is 43.6 Å². The van der Waals surface area contributed by atoms with E-state index < -0.39 is 11.7 Å². The van der Waals surface area contributed by atoms with Crippen molar-refractivity contribution in [1.29, 1.82) is 5.26 Å². The van der Waals surface area contributed by atoms with Crippen LogP contribution in [-0.2, 0) is 0 Å². The maximum atomic E-state index is 14.7. The molecule has 0 radical (unpaired) electrons. The Labute approximate surface area is 223 Å². The SMILES string of the molecule is COc1cc(N2CCN(CC#N)CC2)ncc1Nc1ncc(F)c(Nc2cc3ccccc3nc2C(N)=O)n1. The molecule has 4 N–H and O–H groups in total. The standard InChI is InChI=1S/C26H25FN10O2/c1-39-21-13-22(37-10-8-36(7-6-28)9-11-37)30-15-20(21)34-26-31-14-17(27)25(35-26)33-19-12-16-4-2-3-5-18(16)32-23(19)24(29)38/h2-5,12-15H,7-11H2,1H3,(H2,29,38)(H2,31,33,34,35). The number of hydrogen-bond donors (Lipinski definition) is 3. The van der Waals surface area contributed by atoms with Crippen molar-refractivity contribution in [2.24, 2.45) is 5.73 Å². The van der Waals surface area contributed by atoms with E-state index in [0.29, 0.717) is 23.5 Å². The highest BCUT2D eigenvalue weighted by Gasteiger charge is 2.20. The van der Waals surface area contributed by atoms with Gasteiger partial charge in [-0.1, -0.05) is 18.2 Å². The Morgan fingerprint density at radius 3 is 2.64 bits per heavy atom. The molecule has 1 saturated heterocycles. The van der Waals surface area contributed by atoms with Gasteiger partial charge in [0, 0.05) is 37.6 Å². The number of amides is 1. The number of nitrogens with one attached hydrogen (secondary N) is 2. The number of nitriles is 1. The number of nitrogens with two attached hydrogens (primary N) is 1. The van der Waals surface area contributed by atoms with Crippen LogP contribution in [0.5, 0.6) is 5.75 Å². The van der Waals surface area contributed by atoms with Crippen molar-refractivity contribution in [3.63, 3.8) is 0 Å². The lowest BCUT2D eigenvalue weighted by Gasteiger charge is -2.34. The van der Waals surface area contributed by atoms with Crippen molar-refractivity contribution in [1.82, 2.24) is 24.8 Å². The van der Waals surface area contributed by atoms with Crippen LogP contribution in [0.1, 0.15) is 10.5 Å². The number of ether oxygens (including phenoxy) is 1. The molecule has 3 aromatic heterocycles. The van der Waals surface area contributed by atoms with Crippen molar-refractivity contribution >= 4 is 45.8 Å². The molecule has 1 amide bonds. The van der Waals surface area contributed by atoms with Gasteiger partial charge >= 0.3 is 0 Å². The summed E-state index contributed by atoms with van der Waals surface area (Å²) < 4.78 is 20.3. The van der Waals surface area contributed by atoms with E-state index in [-0.39, 0.29) is 23.1 Å². The molecule has 1 fully saturated rings. The number of hydrogen-bond acceptors (Lipinski definition) is 11. The zero-order valence-corrected chi connectivity index (χ0v) is 21.1. The minimum atomic E-state index is -0.765. The first-order chi connectivity index (χ1) is 18.9. The molecule has 4 aromatic rings. The van der Waals surface area contributed by atoms with Crippen LogP contribution in [0.2, 0.25) is 0 Å². The number of carbonyl (C=O) groups excluding carboxylic acids is 1. The fourth-order valence-corrected chi connectivity index (χ4v) is 4.26. The van der Waals surface area contributed by atoms with Crippen LogP contribution in [0.3, 0.4) is 0 Å². The van der Waals surface area contributed by atoms with Crippen LogP contribution in [0.15, 0.2) is 48.8 Å². The van der Waals surface area contributed by atoms with E-state index in [4.69, 9.17) is 15.7 Å². The van der Waals surface area contributed by atoms with Crippen LogP contribution >= 0.6 is 0 Å². The molecule has 1 aromatic carbocycles. The number of primary amides is 1. The third kappa shape index (κ3) is 5.60. The summed E-state index contributed by atoms with van der Waals surface area (Å²) in [6.07, 6.45) is 2.60. The van der Waals surface area contributed by atoms with Gasteiger partial charge in [-0.3, -0.25) is 9.69 Å². The summed E-state index contributed by atoms with van der Waals surface area (Å²) in [5.74, 6) is -0.369. The average Bonchev–Trinajstić information content (AvgIpc) is 2.95. The van der Waals surface area contributed by atoms with Crippen LogP contribution < -0.4 is 26.0 Å². The minimum absolute atomic E-state index is 0.0452. The minimum Gasteiger partial charge on any atom is -0.494 e. The fraction of sp³-hybridized carbons (Fsp3) is 0.231. The van der Waals surface area contributed by atoms with Gasteiger partial charge < -0.3 is 26.0 Å². The monoisotopic (exact) mass is 528 g/mol. The fourth-order valence-electron chi connectivity index (χ4n) is 4.26. The quantitative estimate of drug-likeness (QED) is 0.289. The number of methoxy groups -OCH3 is 1. The van der Waals surface area contributed by atoms with E-state index in [2.05, 4.69) is 46.4 Å². The first-order valence-electron chi connectivity index (χ1n) is 12.1. The van der Waals surface area contributed by atoms with E-state index in [1.54, 1.807) is 30.5 Å². The van der Waals surface area contributed by atoms with Gasteiger partial charge in [-0.05, 0) is 12.1 Å². The van der Waals surface area contributed by atoms with Crippen molar-refractivity contribution in [2.45, 2.75) is 0 Å². The number of para-hydroxylation sites is 1. The summed E-state index contributed by atoms with van der Waals surface area (Å²) in [5.41, 5.74) is 6.75. The van der Waals surface area contributed by atoms with Gasteiger partial charge in [-0.15, -0.1) is 0 Å². The molecule has 12 nitrogen and oxygen atoms in total. The molecule has 1 aliphatic rings. The molecule has 4 heterocycles. The highest BCUT2D eigenvalue weighted by Crippen LogP contribution is 2.31. The molecule has 1 aliphatic heterocycles. The number of aromatic nitrogens is 4. The number of fused-ring (bicyclic) bond motifs is 1. The third-order valence-corrected chi connectivity index (χ3v) is 6.26. The predicted molar refractivity (Wildman–Crippen MR) is 144 cm³/mol. The van der Waals surface area contributed by atoms with E-state index in [9.17, 15) is 9.18 Å². The van der Waals surface area contributed by atoms with E-state index in [1.165, 1.54) is 7.11 Å². The summed E-state index contributed by atoms with van der Waals surface area (Å²) in [6, 6.07) is 12.8. The van der Waals surface area contributed by atoms with Gasteiger partial charge in [0.15, 0.2) is 17.3 Å². The van der Waals surface area contributed by atoms with E-state index >= 15 is 0 Å². The Morgan fingerprint density at radius 1 is 1.10 bits per heavy atom. The molecule has 39 heavy (non-hydrogen) atoms. The largest absolute Gasteiger partial charge is 0.494 e. The predicted octanol–water partition coefficient (Wildman–Crippen LogP) is 2.80. The van der Waals surface area contributed by atoms with Crippen molar-refractivity contribution in [3.05, 3.63) is 60.3 Å². The molecular weight excluding hydrogens is 503 g/mol. The van der Waals surface area contributed by atoms with Crippen molar-refractivity contribution < 1.29 is 13.9 Å². The van der Waals surface area contributed by atoms with Crippen molar-refractivity contribution in [3.8, 4) is 11.8 Å². The van der Waals surface area contributed by atoms with Crippen molar-refractivity contribution in [2.75, 3.05) is 55.4 Å². The lowest BCUT2D eigenvalue weighted by molar-refractivity contribution is 0.0997. The maximum Gasteiger partial charge on any atom is 0.269 e. The van der Waals surface area contributed by atoms with Gasteiger partial charge in [-0.2, -0.15) is 10.2 Å². The summed E-state index contributed by atoms with van der Waals surface area (Å²) in [4.78, 5) is 33.4. The lowest BCUT2D eigenvalue weighted by atomic mass is 10.1. The van der Waals surface area contributed by atoms with Gasteiger partial charge in [0.05, 0.1) is 43.3 Å². The Kier molecular flexibility index (Phi) is 7.28. The molecule has 0 saturated carbocycles. The number of nitrogens with zero attached hydrogens (tertiary/aromatic N) is 7. The van der Waals surface area contributed by atoms with E-state index in [1.807, 2.05) is 12.1 Å². The van der Waals surface area contributed by atoms with Gasteiger partial charge in [-0.25, -0.2) is 19.3 Å². The zero-order chi connectivity index (χ0) is 27.4. The van der Waals surface area contributed by atoms with Gasteiger partial charge in [0.2, 0.25) is 5.95 Å². The van der Waals surface area contributed by atoms with Crippen LogP contribution in [0.4, 0.5) is 33.3 Å². The summed E-state index contributed by atoms with van der Waals surface area (Å²) in [5, 5.41) is 15.5. The number of rotatable bonds is 8. The van der Waals surface area contributed by atoms with Crippen LogP contribution in [0, 0.1) is 17.1 Å². The molecule has 0 atom stereocenters. The number of anilines is 5. The van der Waals surface area contributed by atoms with Crippen LogP contribution in [-0.4, -0.2) is 70.6 Å². The normalized spacial score (nSPS) is 13.6. The Bertz CT molecular complexity index is 1570. The Morgan fingerprint density at radius 2 is 1.90 bits per heavy atom. The molecule has 0 unspecified atom stereocenters. The highest BCUT2D eigenvalue weighted by atomic mass is 19.1. The number of piperazine rings is 1. The molecular formula is C26H25FN10O2. The summed E-state index contributed by atoms with van der Waals surface area (Å²) in [6.45, 7) is 3.40. The second-order valence-corrected chi connectivity index (χ2v) is 8.75. The molecule has 198 valence electrons. The topological polar surface area (TPSA) is 158 Å². The van der Waals surface area contributed by atoms with Gasteiger partial charge in [0.1, 0.15) is 17.3 Å². The van der Waals surface area contributed by atoms with Crippen LogP contribution in [0.25, 0.3) is 10.9 Å². The average molecular weight is 529 g/mol. The molecule has 0 aliphatic carbocycles. The molecule has 0 spiro atoms. The molecule has 13 heteroatoms. The maximum absolute atomic E-state index is 14.7. The third-order valence-electron chi connectivity index (χ3n) is 6.26. The zero-order valence-electron chi connectivity index (χ0n) is 21.1. The van der Waals surface area contributed by atoms with Gasteiger partial charge in [0.25, 0.3) is 5.91 Å². The number of benzene rings is 1. The number of halogens is 1.